The molecule has 0 aliphatic carbocycles. The van der Waals surface area contributed by atoms with Gasteiger partial charge in [-0.2, -0.15) is 0 Å². The molecule has 0 aromatic heterocycles. The zero-order valence-electron chi connectivity index (χ0n) is 14.0. The first kappa shape index (κ1) is 20.6. The molecule has 4 amide bonds. The number of nitrogens with two attached hydrogens (primary N) is 1. The van der Waals surface area contributed by atoms with E-state index in [1.165, 1.54) is 6.92 Å². The first-order chi connectivity index (χ1) is 11.6. The lowest BCUT2D eigenvalue weighted by Crippen LogP contribution is -2.48. The smallest absolute Gasteiger partial charge is 0.329 e. The molecule has 0 spiro atoms. The Labute approximate surface area is 153 Å². The van der Waals surface area contributed by atoms with Crippen LogP contribution in [0.2, 0.25) is 0 Å². The Kier molecular flexibility index (Phi) is 7.56. The van der Waals surface area contributed by atoms with Crippen molar-refractivity contribution in [2.24, 2.45) is 11.7 Å². The minimum absolute atomic E-state index is 0.370. The standard InChI is InChI=1S/C16H20BrN3O5/c1-8(2)12(14(22)20-16(18)24)25-15(23)9(3)19-13(21)10-4-6-11(17)7-5-10/h4-9,12H,1-3H3,(H,19,21)(H3,18,20,22,24)/t9-,12-/m0/s1. The fourth-order valence-electron chi connectivity index (χ4n) is 1.85. The number of carbonyl (C=O) groups is 4. The molecule has 0 bridgehead atoms. The number of benzene rings is 1. The van der Waals surface area contributed by atoms with E-state index in [2.05, 4.69) is 21.2 Å². The Morgan fingerprint density at radius 3 is 2.12 bits per heavy atom. The number of hydrogen-bond donors (Lipinski definition) is 3. The molecule has 0 heterocycles. The lowest BCUT2D eigenvalue weighted by molar-refractivity contribution is -0.159. The van der Waals surface area contributed by atoms with E-state index >= 15 is 0 Å². The molecule has 1 rings (SSSR count). The van der Waals surface area contributed by atoms with Crippen LogP contribution in [0.5, 0.6) is 0 Å². The Balaban J connectivity index is 2.70. The van der Waals surface area contributed by atoms with Gasteiger partial charge in [-0.05, 0) is 37.1 Å². The molecule has 1 aromatic carbocycles. The molecular formula is C16H20BrN3O5. The van der Waals surface area contributed by atoms with E-state index in [1.807, 2.05) is 5.32 Å². The summed E-state index contributed by atoms with van der Waals surface area (Å²) in [6.45, 7) is 4.72. The van der Waals surface area contributed by atoms with Crippen LogP contribution in [-0.2, 0) is 14.3 Å². The second-order valence-electron chi connectivity index (χ2n) is 5.66. The van der Waals surface area contributed by atoms with E-state index in [0.29, 0.717) is 5.56 Å². The van der Waals surface area contributed by atoms with Gasteiger partial charge in [0.1, 0.15) is 6.04 Å². The number of rotatable bonds is 6. The van der Waals surface area contributed by atoms with Gasteiger partial charge in [0.05, 0.1) is 0 Å². The molecule has 0 unspecified atom stereocenters. The summed E-state index contributed by atoms with van der Waals surface area (Å²) in [5, 5.41) is 4.36. The van der Waals surface area contributed by atoms with Gasteiger partial charge in [0.15, 0.2) is 6.10 Å². The van der Waals surface area contributed by atoms with Gasteiger partial charge in [0.25, 0.3) is 11.8 Å². The SMILES string of the molecule is CC(C)[C@H](OC(=O)[C@H](C)NC(=O)c1ccc(Br)cc1)C(=O)NC(N)=O. The number of primary amides is 1. The van der Waals surface area contributed by atoms with E-state index in [-0.39, 0.29) is 0 Å². The van der Waals surface area contributed by atoms with Crippen LogP contribution in [0.4, 0.5) is 4.79 Å². The van der Waals surface area contributed by atoms with Gasteiger partial charge < -0.3 is 15.8 Å². The van der Waals surface area contributed by atoms with Gasteiger partial charge >= 0.3 is 12.0 Å². The van der Waals surface area contributed by atoms with Gasteiger partial charge in [-0.25, -0.2) is 9.59 Å². The molecule has 1 aromatic rings. The van der Waals surface area contributed by atoms with Crippen LogP contribution in [0.3, 0.4) is 0 Å². The first-order valence-electron chi connectivity index (χ1n) is 7.49. The van der Waals surface area contributed by atoms with Gasteiger partial charge in [0, 0.05) is 10.0 Å². The summed E-state index contributed by atoms with van der Waals surface area (Å²) < 4.78 is 5.93. The van der Waals surface area contributed by atoms with Crippen molar-refractivity contribution in [1.82, 2.24) is 10.6 Å². The molecule has 8 nitrogen and oxygen atoms in total. The van der Waals surface area contributed by atoms with Crippen molar-refractivity contribution >= 4 is 39.7 Å². The molecule has 9 heteroatoms. The van der Waals surface area contributed by atoms with Crippen molar-refractivity contribution in [3.05, 3.63) is 34.3 Å². The Bertz CT molecular complexity index is 660. The highest BCUT2D eigenvalue weighted by molar-refractivity contribution is 9.10. The minimum Gasteiger partial charge on any atom is -0.450 e. The van der Waals surface area contributed by atoms with Gasteiger partial charge in [-0.1, -0.05) is 29.8 Å². The Hall–Kier alpha value is -2.42. The van der Waals surface area contributed by atoms with Crippen molar-refractivity contribution in [3.63, 3.8) is 0 Å². The average molecular weight is 414 g/mol. The number of imide groups is 1. The number of halogens is 1. The summed E-state index contributed by atoms with van der Waals surface area (Å²) in [5.74, 6) is -2.47. The largest absolute Gasteiger partial charge is 0.450 e. The van der Waals surface area contributed by atoms with Crippen molar-refractivity contribution in [3.8, 4) is 0 Å². The molecule has 0 radical (unpaired) electrons. The molecule has 25 heavy (non-hydrogen) atoms. The van der Waals surface area contributed by atoms with Crippen LogP contribution < -0.4 is 16.4 Å². The minimum atomic E-state index is -1.20. The zero-order chi connectivity index (χ0) is 19.1. The Morgan fingerprint density at radius 2 is 1.64 bits per heavy atom. The fraction of sp³-hybridized carbons (Fsp3) is 0.375. The third-order valence-electron chi connectivity index (χ3n) is 3.16. The fourth-order valence-corrected chi connectivity index (χ4v) is 2.12. The summed E-state index contributed by atoms with van der Waals surface area (Å²) in [6, 6.07) is 4.55. The van der Waals surface area contributed by atoms with E-state index in [1.54, 1.807) is 38.1 Å². The number of amides is 4. The summed E-state index contributed by atoms with van der Waals surface area (Å²) in [4.78, 5) is 46.8. The third-order valence-corrected chi connectivity index (χ3v) is 3.69. The number of hydrogen-bond acceptors (Lipinski definition) is 5. The first-order valence-corrected chi connectivity index (χ1v) is 8.28. The van der Waals surface area contributed by atoms with Crippen LogP contribution in [0.25, 0.3) is 0 Å². The van der Waals surface area contributed by atoms with Crippen LogP contribution >= 0.6 is 15.9 Å². The average Bonchev–Trinajstić information content (AvgIpc) is 2.51. The van der Waals surface area contributed by atoms with Crippen molar-refractivity contribution in [2.75, 3.05) is 0 Å². The molecule has 4 N–H and O–H groups in total. The number of carbonyl (C=O) groups excluding carboxylic acids is 4. The highest BCUT2D eigenvalue weighted by Gasteiger charge is 2.29. The van der Waals surface area contributed by atoms with E-state index in [9.17, 15) is 19.2 Å². The zero-order valence-corrected chi connectivity index (χ0v) is 15.6. The number of esters is 1. The molecule has 0 fully saturated rings. The number of ether oxygens (including phenoxy) is 1. The molecular weight excluding hydrogens is 394 g/mol. The molecule has 0 aliphatic heterocycles. The van der Waals surface area contributed by atoms with Gasteiger partial charge in [-0.15, -0.1) is 0 Å². The maximum Gasteiger partial charge on any atom is 0.329 e. The number of urea groups is 1. The molecule has 136 valence electrons. The highest BCUT2D eigenvalue weighted by Crippen LogP contribution is 2.11. The van der Waals surface area contributed by atoms with E-state index in [0.717, 1.165) is 4.47 Å². The van der Waals surface area contributed by atoms with Crippen LogP contribution in [0.1, 0.15) is 31.1 Å². The van der Waals surface area contributed by atoms with Gasteiger partial charge in [-0.3, -0.25) is 14.9 Å². The second kappa shape index (κ2) is 9.16. The maximum atomic E-state index is 12.1. The topological polar surface area (TPSA) is 128 Å². The summed E-state index contributed by atoms with van der Waals surface area (Å²) in [7, 11) is 0. The highest BCUT2D eigenvalue weighted by atomic mass is 79.9. The molecule has 0 saturated carbocycles. The van der Waals surface area contributed by atoms with Crippen LogP contribution in [-0.4, -0.2) is 36.0 Å². The summed E-state index contributed by atoms with van der Waals surface area (Å²) in [5.41, 5.74) is 5.26. The second-order valence-corrected chi connectivity index (χ2v) is 6.57. The lowest BCUT2D eigenvalue weighted by Gasteiger charge is -2.22. The predicted molar refractivity (Wildman–Crippen MR) is 93.5 cm³/mol. The molecule has 0 aliphatic rings. The van der Waals surface area contributed by atoms with E-state index in [4.69, 9.17) is 10.5 Å². The normalized spacial score (nSPS) is 12.8. The quantitative estimate of drug-likeness (QED) is 0.606. The van der Waals surface area contributed by atoms with Crippen molar-refractivity contribution in [1.29, 1.82) is 0 Å². The van der Waals surface area contributed by atoms with Crippen LogP contribution in [0.15, 0.2) is 28.7 Å². The molecule has 0 saturated heterocycles. The summed E-state index contributed by atoms with van der Waals surface area (Å²) >= 11 is 3.26. The monoisotopic (exact) mass is 413 g/mol. The van der Waals surface area contributed by atoms with Crippen molar-refractivity contribution < 1.29 is 23.9 Å². The third kappa shape index (κ3) is 6.54. The van der Waals surface area contributed by atoms with Crippen molar-refractivity contribution in [2.45, 2.75) is 32.9 Å². The maximum absolute atomic E-state index is 12.1. The predicted octanol–water partition coefficient (Wildman–Crippen LogP) is 1.33. The van der Waals surface area contributed by atoms with Crippen LogP contribution in [0, 0.1) is 5.92 Å². The Morgan fingerprint density at radius 1 is 1.08 bits per heavy atom. The molecule has 2 atom stereocenters. The number of nitrogens with one attached hydrogen (secondary N) is 2. The van der Waals surface area contributed by atoms with E-state index < -0.39 is 41.9 Å². The van der Waals surface area contributed by atoms with Gasteiger partial charge in [0.2, 0.25) is 0 Å². The summed E-state index contributed by atoms with van der Waals surface area (Å²) in [6.07, 6.45) is -1.20. The lowest BCUT2D eigenvalue weighted by atomic mass is 10.1.